The summed E-state index contributed by atoms with van der Waals surface area (Å²) >= 11 is 3.11. The van der Waals surface area contributed by atoms with Gasteiger partial charge in [0.1, 0.15) is 30.0 Å². The lowest BCUT2D eigenvalue weighted by Crippen LogP contribution is -2.58. The molecule has 0 radical (unpaired) electrons. The second kappa shape index (κ2) is 9.31. The molecule has 1 aromatic carbocycles. The number of aliphatic hydroxyl groups is 3. The fraction of sp³-hybridized carbons (Fsp3) is 0.316. The number of aromatic nitrogens is 4. The Morgan fingerprint density at radius 1 is 1.09 bits per heavy atom. The molecule has 3 heterocycles. The van der Waals surface area contributed by atoms with E-state index in [1.165, 1.54) is 12.3 Å². The van der Waals surface area contributed by atoms with Crippen LogP contribution in [0.1, 0.15) is 6.04 Å². The molecule has 4 rings (SSSR count). The van der Waals surface area contributed by atoms with Crippen LogP contribution in [0.2, 0.25) is 0 Å². The van der Waals surface area contributed by atoms with Crippen molar-refractivity contribution in [2.24, 2.45) is 0 Å². The van der Waals surface area contributed by atoms with E-state index in [0.29, 0.717) is 16.6 Å². The smallest absolute Gasteiger partial charge is 0.209 e. The van der Waals surface area contributed by atoms with E-state index >= 15 is 0 Å². The number of hydrogen-bond acceptors (Lipinski definition) is 9. The Morgan fingerprint density at radius 2 is 1.76 bits per heavy atom. The summed E-state index contributed by atoms with van der Waals surface area (Å²) in [6.45, 7) is -0.803. The first kappa shape index (κ1) is 24.7. The third kappa shape index (κ3) is 4.34. The van der Waals surface area contributed by atoms with Crippen LogP contribution in [-0.2, 0) is 14.6 Å². The average molecular weight is 565 g/mol. The van der Waals surface area contributed by atoms with E-state index in [1.807, 2.05) is 0 Å². The molecule has 1 saturated heterocycles. The van der Waals surface area contributed by atoms with Gasteiger partial charge < -0.3 is 20.1 Å². The van der Waals surface area contributed by atoms with Crippen molar-refractivity contribution in [3.8, 4) is 11.3 Å². The summed E-state index contributed by atoms with van der Waals surface area (Å²) in [5.74, 6) is -4.61. The molecule has 0 aliphatic carbocycles. The summed E-state index contributed by atoms with van der Waals surface area (Å²) in [4.78, 5) is 3.48. The molecular weight excluding hydrogens is 549 g/mol. The van der Waals surface area contributed by atoms with Crippen molar-refractivity contribution in [2.45, 2.75) is 34.7 Å². The maximum absolute atomic E-state index is 13.6. The number of ether oxygens (including phenoxy) is 1. The predicted molar refractivity (Wildman–Crippen MR) is 111 cm³/mol. The minimum Gasteiger partial charge on any atom is -0.394 e. The first-order chi connectivity index (χ1) is 16.0. The minimum atomic E-state index is -4.39. The van der Waals surface area contributed by atoms with Crippen molar-refractivity contribution in [1.82, 2.24) is 20.0 Å². The Morgan fingerprint density at radius 3 is 2.38 bits per heavy atom. The third-order valence-electron chi connectivity index (χ3n) is 5.26. The Labute approximate surface area is 198 Å². The van der Waals surface area contributed by atoms with Gasteiger partial charge in [-0.05, 0) is 34.1 Å². The molecule has 34 heavy (non-hydrogen) atoms. The van der Waals surface area contributed by atoms with E-state index in [9.17, 15) is 36.9 Å². The number of nitrogens with zero attached hydrogens (tertiary/aromatic N) is 4. The molecule has 1 aliphatic rings. The first-order valence-electron chi connectivity index (χ1n) is 9.58. The zero-order valence-electron chi connectivity index (χ0n) is 16.8. The summed E-state index contributed by atoms with van der Waals surface area (Å²) in [5, 5.41) is 38.6. The van der Waals surface area contributed by atoms with Crippen molar-refractivity contribution in [1.29, 1.82) is 0 Å². The molecule has 0 spiro atoms. The highest BCUT2D eigenvalue weighted by Crippen LogP contribution is 2.35. The van der Waals surface area contributed by atoms with Gasteiger partial charge in [0.2, 0.25) is 9.84 Å². The molecule has 0 bridgehead atoms. The molecule has 0 unspecified atom stereocenters. The highest BCUT2D eigenvalue weighted by atomic mass is 79.9. The van der Waals surface area contributed by atoms with Crippen molar-refractivity contribution in [3.05, 3.63) is 58.7 Å². The predicted octanol–water partition coefficient (Wildman–Crippen LogP) is 0.974. The molecule has 182 valence electrons. The molecule has 2 aromatic heterocycles. The van der Waals surface area contributed by atoms with Crippen LogP contribution in [-0.4, -0.2) is 74.1 Å². The van der Waals surface area contributed by atoms with Gasteiger partial charge in [0.05, 0.1) is 17.7 Å². The number of halogens is 4. The normalized spacial score (nSPS) is 25.4. The maximum Gasteiger partial charge on any atom is 0.209 e. The lowest BCUT2D eigenvalue weighted by Gasteiger charge is -2.41. The van der Waals surface area contributed by atoms with Crippen LogP contribution >= 0.6 is 15.9 Å². The number of rotatable bonds is 5. The lowest BCUT2D eigenvalue weighted by molar-refractivity contribution is -0.180. The molecule has 10 nitrogen and oxygen atoms in total. The van der Waals surface area contributed by atoms with Crippen LogP contribution in [0.15, 0.2) is 46.2 Å². The van der Waals surface area contributed by atoms with E-state index < -0.39 is 63.7 Å². The largest absolute Gasteiger partial charge is 0.394 e. The standard InChI is InChI=1S/C19H16BrF3N4O6S/c20-9-3-10(5-24-4-9)34(31,32)19-18(30)16(17(29)14(7-28)33-19)27-6-13(25-26-27)8-1-11(21)15(23)12(22)2-8/h1-6,14,16-19,28-30H,7H2/t14-,16+,17+,18-,19-/m1/s1. The molecule has 3 N–H and O–H groups in total. The van der Waals surface area contributed by atoms with E-state index in [0.717, 1.165) is 17.1 Å². The summed E-state index contributed by atoms with van der Waals surface area (Å²) < 4.78 is 73.4. The van der Waals surface area contributed by atoms with E-state index in [4.69, 9.17) is 4.74 Å². The maximum atomic E-state index is 13.6. The Hall–Kier alpha value is -2.43. The number of hydrogen-bond donors (Lipinski definition) is 3. The molecular formula is C19H16BrF3N4O6S. The molecule has 0 amide bonds. The van der Waals surface area contributed by atoms with Gasteiger partial charge in [0.15, 0.2) is 22.9 Å². The number of benzene rings is 1. The average Bonchev–Trinajstić information content (AvgIpc) is 3.27. The SMILES string of the molecule is O=S(=O)(c1cncc(Br)c1)[C@H]1O[C@H](CO)[C@H](O)[C@H](n2cc(-c3cc(F)c(F)c(F)c3)nn2)[C@H]1O. The van der Waals surface area contributed by atoms with Gasteiger partial charge in [-0.25, -0.2) is 26.3 Å². The van der Waals surface area contributed by atoms with Gasteiger partial charge in [-0.3, -0.25) is 4.98 Å². The fourth-order valence-corrected chi connectivity index (χ4v) is 5.68. The van der Waals surface area contributed by atoms with Crippen LogP contribution in [0, 0.1) is 17.5 Å². The summed E-state index contributed by atoms with van der Waals surface area (Å²) in [7, 11) is -4.39. The van der Waals surface area contributed by atoms with Gasteiger partial charge in [0.25, 0.3) is 0 Å². The Balaban J connectivity index is 1.73. The topological polar surface area (TPSA) is 148 Å². The van der Waals surface area contributed by atoms with Crippen LogP contribution in [0.5, 0.6) is 0 Å². The second-order valence-corrected chi connectivity index (χ2v) is 10.4. The summed E-state index contributed by atoms with van der Waals surface area (Å²) in [6.07, 6.45) is -1.55. The molecule has 1 aliphatic heterocycles. The van der Waals surface area contributed by atoms with Crippen LogP contribution < -0.4 is 0 Å². The number of pyridine rings is 1. The molecule has 5 atom stereocenters. The summed E-state index contributed by atoms with van der Waals surface area (Å²) in [5.41, 5.74) is -2.29. The van der Waals surface area contributed by atoms with E-state index in [2.05, 4.69) is 31.2 Å². The Kier molecular flexibility index (Phi) is 6.76. The molecule has 15 heteroatoms. The summed E-state index contributed by atoms with van der Waals surface area (Å²) in [6, 6.07) is 1.08. The Bertz CT molecular complexity index is 1300. The number of aliphatic hydroxyl groups excluding tert-OH is 3. The van der Waals surface area contributed by atoms with E-state index in [-0.39, 0.29) is 16.2 Å². The van der Waals surface area contributed by atoms with Crippen LogP contribution in [0.3, 0.4) is 0 Å². The minimum absolute atomic E-state index is 0.153. The van der Waals surface area contributed by atoms with Crippen LogP contribution in [0.25, 0.3) is 11.3 Å². The first-order valence-corrected chi connectivity index (χ1v) is 11.9. The highest BCUT2D eigenvalue weighted by Gasteiger charge is 2.51. The van der Waals surface area contributed by atoms with Gasteiger partial charge in [-0.2, -0.15) is 0 Å². The lowest BCUT2D eigenvalue weighted by atomic mass is 9.97. The molecule has 1 fully saturated rings. The fourth-order valence-electron chi connectivity index (χ4n) is 3.58. The van der Waals surface area contributed by atoms with Crippen molar-refractivity contribution < 1.29 is 41.6 Å². The van der Waals surface area contributed by atoms with Crippen LogP contribution in [0.4, 0.5) is 13.2 Å². The van der Waals surface area contributed by atoms with Crippen molar-refractivity contribution in [3.63, 3.8) is 0 Å². The molecule has 0 saturated carbocycles. The van der Waals surface area contributed by atoms with E-state index in [1.54, 1.807) is 0 Å². The van der Waals surface area contributed by atoms with Crippen molar-refractivity contribution >= 4 is 25.8 Å². The number of sulfone groups is 1. The molecule has 3 aromatic rings. The van der Waals surface area contributed by atoms with Gasteiger partial charge in [-0.1, -0.05) is 5.21 Å². The quantitative estimate of drug-likeness (QED) is 0.385. The monoisotopic (exact) mass is 564 g/mol. The van der Waals surface area contributed by atoms with Gasteiger partial charge in [0, 0.05) is 22.4 Å². The second-order valence-electron chi connectivity index (χ2n) is 7.42. The third-order valence-corrected chi connectivity index (χ3v) is 7.57. The van der Waals surface area contributed by atoms with Gasteiger partial charge >= 0.3 is 0 Å². The highest BCUT2D eigenvalue weighted by molar-refractivity contribution is 9.10. The zero-order valence-corrected chi connectivity index (χ0v) is 19.2. The zero-order chi connectivity index (χ0) is 24.8. The van der Waals surface area contributed by atoms with Gasteiger partial charge in [-0.15, -0.1) is 5.10 Å². The van der Waals surface area contributed by atoms with Crippen molar-refractivity contribution in [2.75, 3.05) is 6.61 Å².